The Balaban J connectivity index is 2.57. The van der Waals surface area contributed by atoms with Crippen LogP contribution in [0.25, 0.3) is 0 Å². The van der Waals surface area contributed by atoms with Crippen molar-refractivity contribution in [2.75, 3.05) is 17.6 Å². The van der Waals surface area contributed by atoms with E-state index in [9.17, 15) is 4.79 Å². The van der Waals surface area contributed by atoms with Gasteiger partial charge in [-0.1, -0.05) is 18.2 Å². The summed E-state index contributed by atoms with van der Waals surface area (Å²) in [4.78, 5) is 11.6. The lowest BCUT2D eigenvalue weighted by Gasteiger charge is -2.12. The number of hydrogen-bond donors (Lipinski definition) is 1. The molecule has 0 aliphatic heterocycles. The van der Waals surface area contributed by atoms with Crippen LogP contribution in [0, 0.1) is 5.92 Å². The van der Waals surface area contributed by atoms with Crippen molar-refractivity contribution in [3.63, 3.8) is 0 Å². The van der Waals surface area contributed by atoms with Gasteiger partial charge in [0.25, 0.3) is 0 Å². The van der Waals surface area contributed by atoms with E-state index in [4.69, 9.17) is 0 Å². The normalized spacial score (nSPS) is 10.2. The summed E-state index contributed by atoms with van der Waals surface area (Å²) in [7, 11) is 5.20. The summed E-state index contributed by atoms with van der Waals surface area (Å²) < 4.78 is 0. The molecule has 14 heavy (non-hydrogen) atoms. The lowest BCUT2D eigenvalue weighted by Crippen LogP contribution is -2.24. The van der Waals surface area contributed by atoms with Gasteiger partial charge < -0.3 is 5.32 Å². The number of carbonyl (C=O) groups excluding carboxylic acids is 1. The number of nitrogens with one attached hydrogen (secondary N) is 1. The lowest BCUT2D eigenvalue weighted by molar-refractivity contribution is -0.118. The number of amides is 1. The minimum atomic E-state index is 0.0604. The van der Waals surface area contributed by atoms with Crippen LogP contribution >= 0.6 is 18.5 Å². The molecule has 76 valence electrons. The van der Waals surface area contributed by atoms with E-state index in [2.05, 4.69) is 23.8 Å². The first-order valence-corrected chi connectivity index (χ1v) is 6.17. The molecule has 4 heteroatoms. The average Bonchev–Trinajstić information content (AvgIpc) is 2.21. The van der Waals surface area contributed by atoms with Crippen molar-refractivity contribution in [1.82, 2.24) is 0 Å². The summed E-state index contributed by atoms with van der Waals surface area (Å²) in [5.41, 5.74) is 0.861. The fourth-order valence-electron chi connectivity index (χ4n) is 1.08. The molecule has 0 spiro atoms. The standard InChI is InChI=1S/C10H15NOP2/c12-10(8(6-13)7-14)11-9-4-2-1-3-5-9/h1-5,8H,6-7,13-14H2,(H,11,12). The first-order chi connectivity index (χ1) is 6.77. The fraction of sp³-hybridized carbons (Fsp3) is 0.300. The molecule has 1 amide bonds. The molecule has 0 heterocycles. The molecule has 0 aliphatic carbocycles. The Morgan fingerprint density at radius 2 is 1.79 bits per heavy atom. The van der Waals surface area contributed by atoms with Gasteiger partial charge in [0.1, 0.15) is 0 Å². The van der Waals surface area contributed by atoms with E-state index in [1.807, 2.05) is 30.3 Å². The molecule has 0 aromatic heterocycles. The Labute approximate surface area is 89.3 Å². The van der Waals surface area contributed by atoms with Crippen LogP contribution < -0.4 is 5.32 Å². The highest BCUT2D eigenvalue weighted by Gasteiger charge is 2.13. The summed E-state index contributed by atoms with van der Waals surface area (Å²) in [6, 6.07) is 9.53. The molecule has 1 aromatic rings. The van der Waals surface area contributed by atoms with Crippen molar-refractivity contribution in [3.8, 4) is 0 Å². The first-order valence-electron chi connectivity index (χ1n) is 4.54. The Morgan fingerprint density at radius 1 is 1.21 bits per heavy atom. The predicted molar refractivity (Wildman–Crippen MR) is 67.7 cm³/mol. The highest BCUT2D eigenvalue weighted by atomic mass is 31.0. The first kappa shape index (κ1) is 11.6. The third-order valence-electron chi connectivity index (χ3n) is 1.98. The minimum Gasteiger partial charge on any atom is -0.326 e. The summed E-state index contributed by atoms with van der Waals surface area (Å²) in [5.74, 6) is 0.145. The molecule has 1 aromatic carbocycles. The zero-order valence-corrected chi connectivity index (χ0v) is 10.3. The van der Waals surface area contributed by atoms with Crippen LogP contribution in [0.5, 0.6) is 0 Å². The van der Waals surface area contributed by atoms with Gasteiger partial charge >= 0.3 is 0 Å². The quantitative estimate of drug-likeness (QED) is 0.783. The van der Waals surface area contributed by atoms with Crippen LogP contribution in [0.2, 0.25) is 0 Å². The van der Waals surface area contributed by atoms with Gasteiger partial charge in [-0.3, -0.25) is 4.79 Å². The Morgan fingerprint density at radius 3 is 2.29 bits per heavy atom. The third kappa shape index (κ3) is 3.36. The zero-order valence-electron chi connectivity index (χ0n) is 7.94. The summed E-state index contributed by atoms with van der Waals surface area (Å²) in [5, 5.41) is 2.88. The van der Waals surface area contributed by atoms with Crippen molar-refractivity contribution in [2.45, 2.75) is 0 Å². The maximum Gasteiger partial charge on any atom is 0.228 e. The van der Waals surface area contributed by atoms with Crippen molar-refractivity contribution in [3.05, 3.63) is 30.3 Å². The summed E-state index contributed by atoms with van der Waals surface area (Å²) >= 11 is 0. The van der Waals surface area contributed by atoms with Crippen LogP contribution in [0.15, 0.2) is 30.3 Å². The average molecular weight is 227 g/mol. The van der Waals surface area contributed by atoms with Crippen molar-refractivity contribution >= 4 is 30.1 Å². The molecular formula is C10H15NOP2. The summed E-state index contributed by atoms with van der Waals surface area (Å²) in [6.07, 6.45) is 1.59. The highest BCUT2D eigenvalue weighted by Crippen LogP contribution is 2.11. The molecule has 0 bridgehead atoms. The molecule has 0 aliphatic rings. The number of para-hydroxylation sites is 1. The molecule has 0 saturated carbocycles. The second kappa shape index (κ2) is 6.11. The minimum absolute atomic E-state index is 0.0604. The van der Waals surface area contributed by atoms with E-state index in [0.29, 0.717) is 0 Å². The number of anilines is 1. The highest BCUT2D eigenvalue weighted by molar-refractivity contribution is 7.18. The molecule has 0 radical (unpaired) electrons. The Bertz CT molecular complexity index is 285. The largest absolute Gasteiger partial charge is 0.326 e. The number of rotatable bonds is 4. The monoisotopic (exact) mass is 227 g/mol. The molecular weight excluding hydrogens is 212 g/mol. The van der Waals surface area contributed by atoms with Crippen LogP contribution in [-0.4, -0.2) is 18.2 Å². The lowest BCUT2D eigenvalue weighted by atomic mass is 10.2. The molecule has 0 fully saturated rings. The number of carbonyl (C=O) groups is 1. The molecule has 1 N–H and O–H groups in total. The van der Waals surface area contributed by atoms with Crippen LogP contribution in [-0.2, 0) is 4.79 Å². The molecule has 1 rings (SSSR count). The van der Waals surface area contributed by atoms with Crippen LogP contribution in [0.1, 0.15) is 0 Å². The van der Waals surface area contributed by atoms with Gasteiger partial charge in [0.2, 0.25) is 5.91 Å². The van der Waals surface area contributed by atoms with Gasteiger partial charge in [-0.2, -0.15) is 0 Å². The van der Waals surface area contributed by atoms with Crippen LogP contribution in [0.3, 0.4) is 0 Å². The molecule has 2 atom stereocenters. The molecule has 0 saturated heterocycles. The fourth-order valence-corrected chi connectivity index (χ4v) is 2.27. The number of hydrogen-bond acceptors (Lipinski definition) is 1. The van der Waals surface area contributed by atoms with Gasteiger partial charge in [0.05, 0.1) is 0 Å². The molecule has 2 unspecified atom stereocenters. The zero-order chi connectivity index (χ0) is 10.4. The second-order valence-corrected chi connectivity index (χ2v) is 3.97. The topological polar surface area (TPSA) is 29.1 Å². The smallest absolute Gasteiger partial charge is 0.228 e. The molecule has 2 nitrogen and oxygen atoms in total. The summed E-state index contributed by atoms with van der Waals surface area (Å²) in [6.45, 7) is 0. The van der Waals surface area contributed by atoms with Gasteiger partial charge in [0, 0.05) is 11.6 Å². The van der Waals surface area contributed by atoms with Crippen molar-refractivity contribution < 1.29 is 4.79 Å². The number of benzene rings is 1. The van der Waals surface area contributed by atoms with E-state index in [1.165, 1.54) is 0 Å². The van der Waals surface area contributed by atoms with E-state index in [0.717, 1.165) is 18.0 Å². The maximum atomic E-state index is 11.6. The third-order valence-corrected chi connectivity index (χ3v) is 3.12. The van der Waals surface area contributed by atoms with Crippen molar-refractivity contribution in [1.29, 1.82) is 0 Å². The van der Waals surface area contributed by atoms with E-state index in [-0.39, 0.29) is 11.8 Å². The van der Waals surface area contributed by atoms with Gasteiger partial charge in [-0.15, -0.1) is 18.5 Å². The Kier molecular flexibility index (Phi) is 5.07. The van der Waals surface area contributed by atoms with Crippen molar-refractivity contribution in [2.24, 2.45) is 5.92 Å². The maximum absolute atomic E-state index is 11.6. The van der Waals surface area contributed by atoms with Gasteiger partial charge in [0.15, 0.2) is 0 Å². The van der Waals surface area contributed by atoms with Gasteiger partial charge in [-0.05, 0) is 24.5 Å². The van der Waals surface area contributed by atoms with E-state index >= 15 is 0 Å². The SMILES string of the molecule is O=C(Nc1ccccc1)C(CP)CP. The van der Waals surface area contributed by atoms with E-state index in [1.54, 1.807) is 0 Å². The van der Waals surface area contributed by atoms with E-state index < -0.39 is 0 Å². The second-order valence-electron chi connectivity index (χ2n) is 3.02. The van der Waals surface area contributed by atoms with Gasteiger partial charge in [-0.25, -0.2) is 0 Å². The Hall–Kier alpha value is -0.450. The predicted octanol–water partition coefficient (Wildman–Crippen LogP) is 1.99. The van der Waals surface area contributed by atoms with Crippen LogP contribution in [0.4, 0.5) is 5.69 Å².